The number of nitrogens with zero attached hydrogens (tertiary/aromatic N) is 2. The van der Waals surface area contributed by atoms with Gasteiger partial charge in [0.1, 0.15) is 17.6 Å². The molecular formula is C21H19N4O5S-. The van der Waals surface area contributed by atoms with Crippen LogP contribution in [0.3, 0.4) is 0 Å². The molecule has 31 heavy (non-hydrogen) atoms. The van der Waals surface area contributed by atoms with E-state index in [0.717, 1.165) is 17.3 Å². The molecule has 0 aliphatic carbocycles. The highest BCUT2D eigenvalue weighted by Gasteiger charge is 2.32. The maximum absolute atomic E-state index is 12.2. The zero-order valence-corrected chi connectivity index (χ0v) is 17.3. The predicted octanol–water partition coefficient (Wildman–Crippen LogP) is 1.07. The van der Waals surface area contributed by atoms with E-state index in [0.29, 0.717) is 22.2 Å². The van der Waals surface area contributed by atoms with Gasteiger partial charge in [0.15, 0.2) is 5.17 Å². The molecule has 1 aliphatic heterocycles. The largest absolute Gasteiger partial charge is 0.546 e. The first kappa shape index (κ1) is 22.0. The molecule has 160 valence electrons. The molecule has 1 saturated heterocycles. The minimum Gasteiger partial charge on any atom is -0.546 e. The van der Waals surface area contributed by atoms with Gasteiger partial charge in [-0.15, -0.1) is 5.10 Å². The van der Waals surface area contributed by atoms with Crippen molar-refractivity contribution < 1.29 is 24.2 Å². The lowest BCUT2D eigenvalue weighted by atomic mass is 10.2. The number of benzene rings is 2. The number of ether oxygens (including phenoxy) is 1. The summed E-state index contributed by atoms with van der Waals surface area (Å²) in [6, 6.07) is 13.9. The number of hydrogen-bond donors (Lipinski definition) is 2. The molecule has 10 heteroatoms. The second-order valence-corrected chi connectivity index (χ2v) is 7.78. The summed E-state index contributed by atoms with van der Waals surface area (Å²) in [4.78, 5) is 34.7. The van der Waals surface area contributed by atoms with Gasteiger partial charge in [-0.2, -0.15) is 5.10 Å². The highest BCUT2D eigenvalue weighted by atomic mass is 32.2. The lowest BCUT2D eigenvalue weighted by molar-refractivity contribution is -0.307. The summed E-state index contributed by atoms with van der Waals surface area (Å²) in [5.41, 5.74) is 2.46. The fraction of sp³-hybridized carbons (Fsp3) is 0.190. The van der Waals surface area contributed by atoms with Crippen molar-refractivity contribution in [2.75, 3.05) is 11.9 Å². The molecule has 0 aromatic heterocycles. The molecule has 0 radical (unpaired) electrons. The maximum Gasteiger partial charge on any atom is 0.240 e. The van der Waals surface area contributed by atoms with Crippen LogP contribution < -0.4 is 20.5 Å². The number of carboxylic acid groups (broad SMARTS) is 1. The number of hydrogen-bond acceptors (Lipinski definition) is 8. The first-order valence-electron chi connectivity index (χ1n) is 9.27. The highest BCUT2D eigenvalue weighted by molar-refractivity contribution is 8.15. The van der Waals surface area contributed by atoms with Crippen LogP contribution in [0.2, 0.25) is 0 Å². The van der Waals surface area contributed by atoms with Crippen LogP contribution in [0.5, 0.6) is 5.75 Å². The smallest absolute Gasteiger partial charge is 0.240 e. The molecule has 1 aliphatic rings. The summed E-state index contributed by atoms with van der Waals surface area (Å²) >= 11 is 1.14. The number of carboxylic acids is 1. The van der Waals surface area contributed by atoms with Crippen molar-refractivity contribution in [3.63, 3.8) is 0 Å². The van der Waals surface area contributed by atoms with Crippen molar-refractivity contribution in [3.05, 3.63) is 59.7 Å². The number of rotatable bonds is 8. The number of aryl methyl sites for hydroxylation is 1. The van der Waals surface area contributed by atoms with Gasteiger partial charge in [0, 0.05) is 12.1 Å². The lowest BCUT2D eigenvalue weighted by Gasteiger charge is -2.07. The Morgan fingerprint density at radius 1 is 1.19 bits per heavy atom. The van der Waals surface area contributed by atoms with Crippen molar-refractivity contribution in [1.29, 1.82) is 0 Å². The van der Waals surface area contributed by atoms with Gasteiger partial charge in [-0.25, -0.2) is 0 Å². The average molecular weight is 439 g/mol. The Morgan fingerprint density at radius 2 is 1.90 bits per heavy atom. The molecule has 1 heterocycles. The standard InChI is InChI=1S/C21H20N4O5S/c1-13-2-6-15(7-3-13)23-18(26)10-17-20(29)24-21(31-17)25-22-11-14-4-8-16(9-5-14)30-12-19(27)28/h2-9,11,17H,10,12H2,1H3,(H,23,26)(H,27,28)(H,24,25,29)/p-1/b22-11-/t17-/m0/s1. The number of nitrogens with one attached hydrogen (secondary N) is 2. The molecule has 2 aromatic carbocycles. The van der Waals surface area contributed by atoms with Crippen LogP contribution in [-0.4, -0.2) is 41.0 Å². The van der Waals surface area contributed by atoms with Crippen LogP contribution in [0.4, 0.5) is 5.69 Å². The zero-order valence-electron chi connectivity index (χ0n) is 16.5. The minimum atomic E-state index is -1.30. The molecule has 0 unspecified atom stereocenters. The number of anilines is 1. The molecule has 9 nitrogen and oxygen atoms in total. The predicted molar refractivity (Wildman–Crippen MR) is 116 cm³/mol. The number of carbonyl (C=O) groups excluding carboxylic acids is 3. The van der Waals surface area contributed by atoms with Crippen molar-refractivity contribution in [2.45, 2.75) is 18.6 Å². The molecule has 2 N–H and O–H groups in total. The molecule has 2 aromatic rings. The molecule has 0 bridgehead atoms. The van der Waals surface area contributed by atoms with E-state index in [2.05, 4.69) is 20.8 Å². The average Bonchev–Trinajstić information content (AvgIpc) is 3.08. The molecule has 0 spiro atoms. The van der Waals surface area contributed by atoms with E-state index in [1.807, 2.05) is 19.1 Å². The van der Waals surface area contributed by atoms with Crippen molar-refractivity contribution in [2.24, 2.45) is 10.2 Å². The minimum absolute atomic E-state index is 0.0143. The van der Waals surface area contributed by atoms with E-state index in [-0.39, 0.29) is 18.2 Å². The SMILES string of the molecule is Cc1ccc(NC(=O)C[C@@H]2S/C(=N/N=C\c3ccc(OCC(=O)[O-])cc3)NC2=O)cc1. The molecule has 3 rings (SSSR count). The van der Waals surface area contributed by atoms with E-state index in [1.165, 1.54) is 6.21 Å². The lowest BCUT2D eigenvalue weighted by Crippen LogP contribution is -2.28. The first-order chi connectivity index (χ1) is 14.9. The van der Waals surface area contributed by atoms with Gasteiger partial charge >= 0.3 is 0 Å². The maximum atomic E-state index is 12.2. The Balaban J connectivity index is 1.50. The molecule has 2 amide bonds. The molecule has 1 fully saturated rings. The fourth-order valence-electron chi connectivity index (χ4n) is 2.54. The van der Waals surface area contributed by atoms with E-state index in [4.69, 9.17) is 4.74 Å². The van der Waals surface area contributed by atoms with Gasteiger partial charge in [0.2, 0.25) is 11.8 Å². The van der Waals surface area contributed by atoms with Crippen molar-refractivity contribution in [1.82, 2.24) is 5.32 Å². The van der Waals surface area contributed by atoms with Gasteiger partial charge in [-0.05, 0) is 48.9 Å². The van der Waals surface area contributed by atoms with Gasteiger partial charge in [0.25, 0.3) is 0 Å². The Bertz CT molecular complexity index is 1020. The van der Waals surface area contributed by atoms with Crippen LogP contribution in [0.25, 0.3) is 0 Å². The summed E-state index contributed by atoms with van der Waals surface area (Å²) in [5.74, 6) is -1.48. The monoisotopic (exact) mass is 439 g/mol. The molecule has 0 saturated carbocycles. The summed E-state index contributed by atoms with van der Waals surface area (Å²) in [6.07, 6.45) is 1.49. The number of amides is 2. The van der Waals surface area contributed by atoms with Crippen LogP contribution in [0, 0.1) is 6.92 Å². The highest BCUT2D eigenvalue weighted by Crippen LogP contribution is 2.23. The number of amidine groups is 1. The second-order valence-electron chi connectivity index (χ2n) is 6.59. The van der Waals surface area contributed by atoms with Crippen LogP contribution in [0.15, 0.2) is 58.7 Å². The third-order valence-electron chi connectivity index (χ3n) is 4.07. The Labute approximate surface area is 182 Å². The summed E-state index contributed by atoms with van der Waals surface area (Å²) in [6.45, 7) is 1.43. The zero-order chi connectivity index (χ0) is 22.2. The third kappa shape index (κ3) is 6.96. The van der Waals surface area contributed by atoms with Gasteiger partial charge in [-0.1, -0.05) is 29.5 Å². The van der Waals surface area contributed by atoms with Crippen LogP contribution in [0.1, 0.15) is 17.5 Å². The third-order valence-corrected chi connectivity index (χ3v) is 5.15. The van der Waals surface area contributed by atoms with Crippen LogP contribution in [-0.2, 0) is 14.4 Å². The number of carbonyl (C=O) groups is 3. The quantitative estimate of drug-likeness (QED) is 0.467. The summed E-state index contributed by atoms with van der Waals surface area (Å²) in [7, 11) is 0. The number of thioether (sulfide) groups is 1. The Hall–Kier alpha value is -3.66. The van der Waals surface area contributed by atoms with Crippen molar-refractivity contribution in [3.8, 4) is 5.75 Å². The Kier molecular flexibility index (Phi) is 7.39. The summed E-state index contributed by atoms with van der Waals surface area (Å²) in [5, 5.41) is 23.4. The van der Waals surface area contributed by atoms with Gasteiger partial charge < -0.3 is 25.3 Å². The van der Waals surface area contributed by atoms with Gasteiger partial charge in [0.05, 0.1) is 12.2 Å². The van der Waals surface area contributed by atoms with E-state index >= 15 is 0 Å². The molecule has 1 atom stereocenters. The number of aliphatic carboxylic acids is 1. The topological polar surface area (TPSA) is 132 Å². The summed E-state index contributed by atoms with van der Waals surface area (Å²) < 4.78 is 4.99. The van der Waals surface area contributed by atoms with E-state index < -0.39 is 17.8 Å². The second kappa shape index (κ2) is 10.4. The normalized spacial score (nSPS) is 17.0. The van der Waals surface area contributed by atoms with E-state index in [1.54, 1.807) is 36.4 Å². The van der Waals surface area contributed by atoms with E-state index in [9.17, 15) is 19.5 Å². The first-order valence-corrected chi connectivity index (χ1v) is 10.1. The molecular weight excluding hydrogens is 420 g/mol. The van der Waals surface area contributed by atoms with Crippen molar-refractivity contribution >= 4 is 46.6 Å². The van der Waals surface area contributed by atoms with Crippen LogP contribution >= 0.6 is 11.8 Å². The fourth-order valence-corrected chi connectivity index (χ4v) is 3.47. The Morgan fingerprint density at radius 3 is 2.58 bits per heavy atom. The van der Waals surface area contributed by atoms with Gasteiger partial charge in [-0.3, -0.25) is 9.59 Å².